The number of amides is 5. The van der Waals surface area contributed by atoms with Gasteiger partial charge in [-0.15, -0.1) is 0 Å². The largest absolute Gasteiger partial charge is 0.497 e. The molecule has 4 aromatic carbocycles. The van der Waals surface area contributed by atoms with E-state index in [0.717, 1.165) is 22.3 Å². The molecule has 3 aliphatic rings. The van der Waals surface area contributed by atoms with Crippen LogP contribution in [-0.2, 0) is 53.3 Å². The van der Waals surface area contributed by atoms with Crippen molar-refractivity contribution in [1.29, 1.82) is 0 Å². The van der Waals surface area contributed by atoms with Crippen molar-refractivity contribution in [3.8, 4) is 17.2 Å². The number of carbonyl (C=O) groups is 6. The smallest absolute Gasteiger partial charge is 0.345 e. The number of nitrogens with zero attached hydrogens (tertiary/aromatic N) is 4. The molecule has 3 fully saturated rings. The standard InChI is InChI=1S/C43H42N6O13S/c1-26(50)45-48-21-20-47(42(48)55)43(41(54)62-24-27-4-12-31(13-5-27)49(56)57)25-46-38(52)36(39(46)63-43)44-37(51)35(40(53)61-23-29-8-16-33(59-3)17-9-29)30-10-18-34(19-11-30)60-22-28-6-14-32(58-2)15-7-28/h4-19,35-36,39H,20-25H2,1-3H3,(H,44,51)(H,45,50)/t35?,36-,39-,43-/m1/s1. The molecule has 4 aromatic rings. The summed E-state index contributed by atoms with van der Waals surface area (Å²) in [5.74, 6) is -3.54. The predicted molar refractivity (Wildman–Crippen MR) is 223 cm³/mol. The molecular weight excluding hydrogens is 841 g/mol. The molecule has 1 unspecified atom stereocenters. The number of carbonyl (C=O) groups excluding carboxylic acids is 6. The van der Waals surface area contributed by atoms with E-state index in [2.05, 4.69) is 10.7 Å². The number of ether oxygens (including phenoxy) is 5. The van der Waals surface area contributed by atoms with Crippen LogP contribution in [0.15, 0.2) is 97.1 Å². The van der Waals surface area contributed by atoms with Gasteiger partial charge >= 0.3 is 18.0 Å². The Bertz CT molecular complexity index is 2380. The van der Waals surface area contributed by atoms with Crippen LogP contribution in [0.1, 0.15) is 35.1 Å². The van der Waals surface area contributed by atoms with Crippen LogP contribution >= 0.6 is 11.8 Å². The van der Waals surface area contributed by atoms with Gasteiger partial charge in [-0.1, -0.05) is 48.2 Å². The lowest BCUT2D eigenvalue weighted by Crippen LogP contribution is -2.68. The van der Waals surface area contributed by atoms with E-state index >= 15 is 0 Å². The summed E-state index contributed by atoms with van der Waals surface area (Å²) in [6.45, 7) is 0.623. The van der Waals surface area contributed by atoms with Crippen LogP contribution in [0.5, 0.6) is 17.2 Å². The van der Waals surface area contributed by atoms with Gasteiger partial charge in [-0.25, -0.2) is 14.6 Å². The number of fused-ring (bicyclic) bond motifs is 1. The van der Waals surface area contributed by atoms with E-state index in [0.29, 0.717) is 28.4 Å². The van der Waals surface area contributed by atoms with Crippen LogP contribution in [0.3, 0.4) is 0 Å². The predicted octanol–water partition coefficient (Wildman–Crippen LogP) is 3.65. The number of hydrogen-bond acceptors (Lipinski definition) is 14. The van der Waals surface area contributed by atoms with Crippen molar-refractivity contribution >= 4 is 53.1 Å². The summed E-state index contributed by atoms with van der Waals surface area (Å²) >= 11 is 0.910. The molecule has 0 aromatic heterocycles. The van der Waals surface area contributed by atoms with Gasteiger partial charge in [0.25, 0.3) is 5.69 Å². The summed E-state index contributed by atoms with van der Waals surface area (Å²) in [7, 11) is 3.09. The molecule has 7 rings (SSSR count). The molecule has 0 aliphatic carbocycles. The van der Waals surface area contributed by atoms with Crippen LogP contribution < -0.4 is 25.0 Å². The lowest BCUT2D eigenvalue weighted by molar-refractivity contribution is -0.384. The van der Waals surface area contributed by atoms with Crippen molar-refractivity contribution in [2.45, 2.75) is 48.9 Å². The average molecular weight is 883 g/mol. The Labute approximate surface area is 364 Å². The van der Waals surface area contributed by atoms with Crippen LogP contribution in [0.4, 0.5) is 10.5 Å². The molecule has 2 N–H and O–H groups in total. The Kier molecular flexibility index (Phi) is 13.0. The topological polar surface area (TPSA) is 225 Å². The Balaban J connectivity index is 1.10. The molecule has 4 atom stereocenters. The third kappa shape index (κ3) is 9.44. The van der Waals surface area contributed by atoms with Crippen LogP contribution in [0, 0.1) is 10.1 Å². The Morgan fingerprint density at radius 1 is 0.794 bits per heavy atom. The van der Waals surface area contributed by atoms with Gasteiger partial charge in [0.15, 0.2) is 5.92 Å². The second-order valence-corrected chi connectivity index (χ2v) is 16.0. The lowest BCUT2D eigenvalue weighted by Gasteiger charge is -2.41. The molecule has 0 spiro atoms. The van der Waals surface area contributed by atoms with Crippen LogP contribution in [0.25, 0.3) is 0 Å². The number of nitrogens with one attached hydrogen (secondary N) is 2. The van der Waals surface area contributed by atoms with E-state index in [1.54, 1.807) is 55.6 Å². The summed E-state index contributed by atoms with van der Waals surface area (Å²) < 4.78 is 27.7. The van der Waals surface area contributed by atoms with E-state index in [4.69, 9.17) is 23.7 Å². The first kappa shape index (κ1) is 43.7. The van der Waals surface area contributed by atoms with Gasteiger partial charge < -0.3 is 33.9 Å². The summed E-state index contributed by atoms with van der Waals surface area (Å²) in [6, 6.07) is 23.8. The number of benzene rings is 4. The average Bonchev–Trinajstić information content (AvgIpc) is 3.85. The second-order valence-electron chi connectivity index (χ2n) is 14.6. The normalized spacial score (nSPS) is 19.3. The molecule has 328 valence electrons. The van der Waals surface area contributed by atoms with Gasteiger partial charge in [-0.3, -0.25) is 39.6 Å². The first-order valence-electron chi connectivity index (χ1n) is 19.5. The van der Waals surface area contributed by atoms with Gasteiger partial charge in [-0.2, -0.15) is 0 Å². The quantitative estimate of drug-likeness (QED) is 0.0508. The highest BCUT2D eigenvalue weighted by Gasteiger charge is 2.67. The fraction of sp³-hybridized carbons (Fsp3) is 0.302. The molecule has 63 heavy (non-hydrogen) atoms. The van der Waals surface area contributed by atoms with E-state index < -0.39 is 62.8 Å². The van der Waals surface area contributed by atoms with Crippen molar-refractivity contribution < 1.29 is 57.4 Å². The number of β-lactam (4-membered cyclic amide) rings is 1. The van der Waals surface area contributed by atoms with E-state index in [9.17, 15) is 38.9 Å². The number of rotatable bonds is 17. The van der Waals surface area contributed by atoms with Crippen molar-refractivity contribution in [2.75, 3.05) is 33.9 Å². The highest BCUT2D eigenvalue weighted by Crippen LogP contribution is 2.50. The molecule has 3 saturated heterocycles. The number of non-ortho nitro benzene ring substituents is 1. The summed E-state index contributed by atoms with van der Waals surface area (Å²) in [5.41, 5.74) is 4.44. The number of methoxy groups -OCH3 is 2. The van der Waals surface area contributed by atoms with Gasteiger partial charge in [0.1, 0.15) is 48.5 Å². The fourth-order valence-electron chi connectivity index (χ4n) is 7.17. The zero-order valence-electron chi connectivity index (χ0n) is 34.2. The molecule has 20 heteroatoms. The number of hydrogen-bond donors (Lipinski definition) is 2. The zero-order valence-corrected chi connectivity index (χ0v) is 35.0. The van der Waals surface area contributed by atoms with Crippen molar-refractivity contribution in [3.05, 3.63) is 129 Å². The van der Waals surface area contributed by atoms with Crippen molar-refractivity contribution in [2.24, 2.45) is 0 Å². The molecule has 5 amide bonds. The van der Waals surface area contributed by atoms with Gasteiger partial charge in [0, 0.05) is 25.6 Å². The van der Waals surface area contributed by atoms with Crippen LogP contribution in [0.2, 0.25) is 0 Å². The molecule has 3 heterocycles. The maximum Gasteiger partial charge on any atom is 0.345 e. The number of thioether (sulfide) groups is 1. The fourth-order valence-corrected chi connectivity index (χ4v) is 8.86. The highest BCUT2D eigenvalue weighted by molar-refractivity contribution is 8.02. The van der Waals surface area contributed by atoms with E-state index in [1.165, 1.54) is 48.1 Å². The number of esters is 2. The molecule has 0 saturated carbocycles. The molecule has 0 bridgehead atoms. The minimum Gasteiger partial charge on any atom is -0.497 e. The molecule has 0 radical (unpaired) electrons. The Morgan fingerprint density at radius 2 is 1.35 bits per heavy atom. The lowest BCUT2D eigenvalue weighted by atomic mass is 9.96. The minimum absolute atomic E-state index is 0.0146. The maximum absolute atomic E-state index is 14.2. The summed E-state index contributed by atoms with van der Waals surface area (Å²) in [5, 5.41) is 14.0. The molecule has 19 nitrogen and oxygen atoms in total. The zero-order chi connectivity index (χ0) is 44.8. The third-order valence-corrected chi connectivity index (χ3v) is 12.2. The Morgan fingerprint density at radius 3 is 1.92 bits per heavy atom. The monoisotopic (exact) mass is 882 g/mol. The summed E-state index contributed by atoms with van der Waals surface area (Å²) in [4.78, 5) is 92.9. The highest BCUT2D eigenvalue weighted by atomic mass is 32.2. The molecular formula is C43H42N6O13S. The number of nitro benzene ring substituents is 1. The number of nitro groups is 1. The minimum atomic E-state index is -1.83. The van der Waals surface area contributed by atoms with E-state index in [1.807, 2.05) is 24.3 Å². The first-order chi connectivity index (χ1) is 30.3. The number of hydrazine groups is 1. The van der Waals surface area contributed by atoms with Crippen LogP contribution in [-0.4, -0.2) is 106 Å². The third-order valence-electron chi connectivity index (χ3n) is 10.5. The van der Waals surface area contributed by atoms with Crippen molar-refractivity contribution in [3.63, 3.8) is 0 Å². The summed E-state index contributed by atoms with van der Waals surface area (Å²) in [6.07, 6.45) is 0. The first-order valence-corrected chi connectivity index (χ1v) is 20.4. The maximum atomic E-state index is 14.2. The second kappa shape index (κ2) is 18.7. The van der Waals surface area contributed by atoms with Gasteiger partial charge in [-0.05, 0) is 70.8 Å². The van der Waals surface area contributed by atoms with E-state index in [-0.39, 0.29) is 50.7 Å². The Hall–Kier alpha value is -7.35. The van der Waals surface area contributed by atoms with Gasteiger partial charge in [0.2, 0.25) is 22.6 Å². The molecule has 3 aliphatic heterocycles. The SMILES string of the molecule is COc1ccc(COC(=O)C(C(=O)N[C@@H]2C(=O)N3C[C@@](C(=O)OCc4ccc([N+](=O)[O-])cc4)(N4CCN(NC(C)=O)C4=O)S[C@H]23)c2ccc(OCc3ccc(OC)cc3)cc2)cc1. The van der Waals surface area contributed by atoms with Gasteiger partial charge in [0.05, 0.1) is 32.2 Å². The number of urea groups is 1. The van der Waals surface area contributed by atoms with Crippen molar-refractivity contribution in [1.82, 2.24) is 25.6 Å².